The molecule has 0 amide bonds. The molecule has 0 saturated carbocycles. The molecule has 90 valence electrons. The first kappa shape index (κ1) is 15.0. The van der Waals surface area contributed by atoms with Crippen molar-refractivity contribution < 1.29 is 9.53 Å². The van der Waals surface area contributed by atoms with E-state index in [2.05, 4.69) is 11.7 Å². The molecule has 0 spiro atoms. The molecule has 0 heterocycles. The fourth-order valence-electron chi connectivity index (χ4n) is 0.986. The summed E-state index contributed by atoms with van der Waals surface area (Å²) in [5, 5.41) is 0.450. The third-order valence-electron chi connectivity index (χ3n) is 1.86. The van der Waals surface area contributed by atoms with Crippen LogP contribution in [0.15, 0.2) is 34.4 Å². The van der Waals surface area contributed by atoms with Gasteiger partial charge in [-0.15, -0.1) is 0 Å². The van der Waals surface area contributed by atoms with Crippen LogP contribution in [0.2, 0.25) is 0 Å². The Morgan fingerprint density at radius 1 is 1.31 bits per heavy atom. The van der Waals surface area contributed by atoms with Gasteiger partial charge in [-0.2, -0.15) is 0 Å². The van der Waals surface area contributed by atoms with Gasteiger partial charge in [-0.25, -0.2) is 4.79 Å². The zero-order valence-electron chi connectivity index (χ0n) is 10.3. The third kappa shape index (κ3) is 5.76. The van der Waals surface area contributed by atoms with E-state index < -0.39 is 5.97 Å². The number of allylic oxidation sites excluding steroid dienone is 4. The maximum Gasteiger partial charge on any atom is 0.339 e. The monoisotopic (exact) mass is 242 g/mol. The van der Waals surface area contributed by atoms with Crippen LogP contribution in [0.1, 0.15) is 33.6 Å². The summed E-state index contributed by atoms with van der Waals surface area (Å²) in [6.07, 6.45) is 7.21. The van der Waals surface area contributed by atoms with E-state index in [1.165, 1.54) is 7.11 Å². The summed E-state index contributed by atoms with van der Waals surface area (Å²) in [4.78, 5) is 11.5. The van der Waals surface area contributed by atoms with Gasteiger partial charge in [0.1, 0.15) is 0 Å². The molecule has 0 rings (SSSR count). The highest BCUT2D eigenvalue weighted by molar-refractivity contribution is 6.35. The zero-order valence-corrected chi connectivity index (χ0v) is 11.1. The third-order valence-corrected chi connectivity index (χ3v) is 2.22. The average molecular weight is 243 g/mol. The minimum atomic E-state index is -0.408. The lowest BCUT2D eigenvalue weighted by Crippen LogP contribution is -2.04. The number of ether oxygens (including phenoxy) is 1. The highest BCUT2D eigenvalue weighted by Crippen LogP contribution is 2.18. The Labute approximate surface area is 103 Å². The first-order valence-corrected chi connectivity index (χ1v) is 5.70. The van der Waals surface area contributed by atoms with Crippen LogP contribution in [0.3, 0.4) is 0 Å². The van der Waals surface area contributed by atoms with E-state index in [-0.39, 0.29) is 0 Å². The fraction of sp³-hybridized carbons (Fsp3) is 0.462. The molecule has 0 atom stereocenters. The molecule has 0 bridgehead atoms. The molecule has 2 nitrogen and oxygen atoms in total. The number of carbonyl (C=O) groups excluding carboxylic acids is 1. The highest BCUT2D eigenvalue weighted by Gasteiger charge is 2.11. The molecular formula is C13H19ClO2. The molecule has 0 N–H and O–H groups in total. The van der Waals surface area contributed by atoms with Crippen molar-refractivity contribution in [3.8, 4) is 0 Å². The largest absolute Gasteiger partial charge is 0.465 e. The van der Waals surface area contributed by atoms with Crippen LogP contribution >= 0.6 is 11.6 Å². The van der Waals surface area contributed by atoms with Gasteiger partial charge in [-0.05, 0) is 26.3 Å². The normalized spacial score (nSPS) is 12.3. The maximum absolute atomic E-state index is 11.5. The van der Waals surface area contributed by atoms with Gasteiger partial charge in [0.05, 0.1) is 17.7 Å². The van der Waals surface area contributed by atoms with Crippen molar-refractivity contribution in [3.63, 3.8) is 0 Å². The summed E-state index contributed by atoms with van der Waals surface area (Å²) in [7, 11) is 1.35. The number of methoxy groups -OCH3 is 1. The van der Waals surface area contributed by atoms with Crippen LogP contribution < -0.4 is 0 Å². The van der Waals surface area contributed by atoms with Crippen LogP contribution in [0.4, 0.5) is 0 Å². The molecule has 0 aliphatic carbocycles. The van der Waals surface area contributed by atoms with Crippen LogP contribution in [-0.4, -0.2) is 13.1 Å². The lowest BCUT2D eigenvalue weighted by molar-refractivity contribution is -0.135. The number of carbonyl (C=O) groups is 1. The number of hydrogen-bond donors (Lipinski definition) is 0. The van der Waals surface area contributed by atoms with Crippen LogP contribution in [-0.2, 0) is 9.53 Å². The smallest absolute Gasteiger partial charge is 0.339 e. The van der Waals surface area contributed by atoms with Gasteiger partial charge in [0.15, 0.2) is 0 Å². The maximum atomic E-state index is 11.5. The minimum Gasteiger partial charge on any atom is -0.465 e. The van der Waals surface area contributed by atoms with E-state index in [1.54, 1.807) is 6.08 Å². The second-order valence-electron chi connectivity index (χ2n) is 3.66. The topological polar surface area (TPSA) is 26.3 Å². The average Bonchev–Trinajstić information content (AvgIpc) is 2.25. The lowest BCUT2D eigenvalue weighted by atomic mass is 10.1. The Bertz CT molecular complexity index is 321. The van der Waals surface area contributed by atoms with Crippen molar-refractivity contribution >= 4 is 17.6 Å². The van der Waals surface area contributed by atoms with E-state index in [1.807, 2.05) is 26.0 Å². The Morgan fingerprint density at radius 2 is 1.94 bits per heavy atom. The van der Waals surface area contributed by atoms with Gasteiger partial charge >= 0.3 is 5.97 Å². The van der Waals surface area contributed by atoms with Crippen molar-refractivity contribution in [2.45, 2.75) is 33.6 Å². The van der Waals surface area contributed by atoms with E-state index >= 15 is 0 Å². The second-order valence-corrected chi connectivity index (χ2v) is 4.06. The summed E-state index contributed by atoms with van der Waals surface area (Å²) in [6, 6.07) is 0. The van der Waals surface area contributed by atoms with Gasteiger partial charge in [0, 0.05) is 0 Å². The summed E-state index contributed by atoms with van der Waals surface area (Å²) in [5.41, 5.74) is 1.50. The Kier molecular flexibility index (Phi) is 7.65. The van der Waals surface area contributed by atoms with Crippen LogP contribution in [0.5, 0.6) is 0 Å². The lowest BCUT2D eigenvalue weighted by Gasteiger charge is -2.03. The molecule has 0 aromatic heterocycles. The van der Waals surface area contributed by atoms with Crippen molar-refractivity contribution in [3.05, 3.63) is 34.4 Å². The molecule has 0 aromatic carbocycles. The summed E-state index contributed by atoms with van der Waals surface area (Å²) >= 11 is 6.05. The minimum absolute atomic E-state index is 0.402. The van der Waals surface area contributed by atoms with E-state index in [0.717, 1.165) is 18.4 Å². The van der Waals surface area contributed by atoms with Crippen LogP contribution in [0, 0.1) is 0 Å². The molecule has 0 fully saturated rings. The summed E-state index contributed by atoms with van der Waals surface area (Å²) < 4.78 is 4.68. The summed E-state index contributed by atoms with van der Waals surface area (Å²) in [6.45, 7) is 5.96. The number of hydrogen-bond acceptors (Lipinski definition) is 2. The quantitative estimate of drug-likeness (QED) is 0.414. The van der Waals surface area contributed by atoms with Gasteiger partial charge < -0.3 is 4.74 Å². The van der Waals surface area contributed by atoms with Crippen molar-refractivity contribution in [1.29, 1.82) is 0 Å². The summed E-state index contributed by atoms with van der Waals surface area (Å²) in [5.74, 6) is -0.408. The number of esters is 1. The first-order chi connectivity index (χ1) is 7.52. The van der Waals surface area contributed by atoms with Crippen LogP contribution in [0.25, 0.3) is 0 Å². The Morgan fingerprint density at radius 3 is 2.38 bits per heavy atom. The molecule has 0 saturated heterocycles. The fourth-order valence-corrected chi connectivity index (χ4v) is 1.24. The SMILES string of the molecule is CCC/C=C(Cl)/C(=C\C=C(C)C)C(=O)OC. The molecule has 0 aliphatic heterocycles. The molecule has 3 heteroatoms. The van der Waals surface area contributed by atoms with E-state index in [9.17, 15) is 4.79 Å². The molecule has 0 radical (unpaired) electrons. The van der Waals surface area contributed by atoms with Gasteiger partial charge in [0.25, 0.3) is 0 Å². The number of rotatable bonds is 5. The standard InChI is InChI=1S/C13H19ClO2/c1-5-6-7-12(14)11(13(15)16-4)9-8-10(2)3/h7-9H,5-6H2,1-4H3/b11-9+,12-7-. The molecular weight excluding hydrogens is 224 g/mol. The molecule has 0 aromatic rings. The molecule has 16 heavy (non-hydrogen) atoms. The second kappa shape index (κ2) is 8.17. The van der Waals surface area contributed by atoms with Crippen molar-refractivity contribution in [2.24, 2.45) is 0 Å². The van der Waals surface area contributed by atoms with Gasteiger partial charge in [0.2, 0.25) is 0 Å². The van der Waals surface area contributed by atoms with Crippen molar-refractivity contribution in [1.82, 2.24) is 0 Å². The molecule has 0 aliphatic rings. The van der Waals surface area contributed by atoms with E-state index in [4.69, 9.17) is 11.6 Å². The van der Waals surface area contributed by atoms with E-state index in [0.29, 0.717) is 10.6 Å². The van der Waals surface area contributed by atoms with Gasteiger partial charge in [-0.1, -0.05) is 42.7 Å². The Hall–Kier alpha value is -1.02. The zero-order chi connectivity index (χ0) is 12.6. The predicted molar refractivity (Wildman–Crippen MR) is 68.4 cm³/mol. The molecule has 0 unspecified atom stereocenters. The highest BCUT2D eigenvalue weighted by atomic mass is 35.5. The first-order valence-electron chi connectivity index (χ1n) is 5.32. The van der Waals surface area contributed by atoms with Crippen molar-refractivity contribution in [2.75, 3.05) is 7.11 Å². The Balaban J connectivity index is 5.02. The number of halogens is 1. The predicted octanol–water partition coefficient (Wildman–Crippen LogP) is 3.97. The number of unbranched alkanes of at least 4 members (excludes halogenated alkanes) is 1. The van der Waals surface area contributed by atoms with Gasteiger partial charge in [-0.3, -0.25) is 0 Å².